The SMILES string of the molecule is CCNCc1sc(N(CC)CC(CC)CC)nc1C1CC1. The van der Waals surface area contributed by atoms with Gasteiger partial charge in [0, 0.05) is 30.4 Å². The summed E-state index contributed by atoms with van der Waals surface area (Å²) in [7, 11) is 0. The number of nitrogens with one attached hydrogen (secondary N) is 1. The molecule has 1 saturated carbocycles. The van der Waals surface area contributed by atoms with E-state index in [9.17, 15) is 0 Å². The lowest BCUT2D eigenvalue weighted by Gasteiger charge is -2.24. The van der Waals surface area contributed by atoms with Gasteiger partial charge in [0.1, 0.15) is 0 Å². The Hall–Kier alpha value is -0.610. The molecule has 0 unspecified atom stereocenters. The van der Waals surface area contributed by atoms with Gasteiger partial charge in [0.2, 0.25) is 0 Å². The van der Waals surface area contributed by atoms with Gasteiger partial charge in [-0.3, -0.25) is 0 Å². The highest BCUT2D eigenvalue weighted by Gasteiger charge is 2.30. The third-order valence-electron chi connectivity index (χ3n) is 4.50. The standard InChI is InChI=1S/C17H31N3S/c1-5-13(6-2)12-20(8-4)17-19-16(14-9-10-14)15(21-17)11-18-7-3/h13-14,18H,5-12H2,1-4H3. The molecule has 1 aliphatic rings. The van der Waals surface area contributed by atoms with E-state index in [-0.39, 0.29) is 0 Å². The van der Waals surface area contributed by atoms with Crippen LogP contribution in [-0.2, 0) is 6.54 Å². The van der Waals surface area contributed by atoms with Crippen molar-refractivity contribution in [2.45, 2.75) is 65.8 Å². The average molecular weight is 310 g/mol. The number of thiazole rings is 1. The van der Waals surface area contributed by atoms with Crippen molar-refractivity contribution in [1.29, 1.82) is 0 Å². The lowest BCUT2D eigenvalue weighted by Crippen LogP contribution is -2.28. The molecule has 1 fully saturated rings. The van der Waals surface area contributed by atoms with Gasteiger partial charge in [-0.2, -0.15) is 0 Å². The summed E-state index contributed by atoms with van der Waals surface area (Å²) in [6, 6.07) is 0. The molecular formula is C17H31N3S. The number of hydrogen-bond donors (Lipinski definition) is 1. The monoisotopic (exact) mass is 309 g/mol. The van der Waals surface area contributed by atoms with Crippen LogP contribution in [0.4, 0.5) is 5.13 Å². The number of aromatic nitrogens is 1. The van der Waals surface area contributed by atoms with Gasteiger partial charge in [0.25, 0.3) is 0 Å². The molecule has 120 valence electrons. The average Bonchev–Trinajstić information content (AvgIpc) is 3.27. The van der Waals surface area contributed by atoms with Crippen molar-refractivity contribution >= 4 is 16.5 Å². The number of rotatable bonds is 10. The van der Waals surface area contributed by atoms with Gasteiger partial charge in [-0.1, -0.05) is 33.6 Å². The van der Waals surface area contributed by atoms with Gasteiger partial charge in [0.05, 0.1) is 5.69 Å². The van der Waals surface area contributed by atoms with Crippen LogP contribution in [0.1, 0.15) is 69.9 Å². The third kappa shape index (κ3) is 4.43. The predicted octanol–water partition coefficient (Wildman–Crippen LogP) is 4.39. The molecule has 0 bridgehead atoms. The highest BCUT2D eigenvalue weighted by molar-refractivity contribution is 7.15. The van der Waals surface area contributed by atoms with Crippen molar-refractivity contribution in [3.8, 4) is 0 Å². The molecule has 3 nitrogen and oxygen atoms in total. The first-order valence-corrected chi connectivity index (χ1v) is 9.50. The van der Waals surface area contributed by atoms with Crippen molar-refractivity contribution in [3.05, 3.63) is 10.6 Å². The zero-order valence-corrected chi connectivity index (χ0v) is 14.9. The fourth-order valence-electron chi connectivity index (χ4n) is 2.73. The topological polar surface area (TPSA) is 28.2 Å². The molecule has 1 N–H and O–H groups in total. The Labute approximate surface area is 134 Å². The second kappa shape index (κ2) is 8.14. The Morgan fingerprint density at radius 2 is 1.95 bits per heavy atom. The minimum absolute atomic E-state index is 0.746. The van der Waals surface area contributed by atoms with Gasteiger partial charge in [0.15, 0.2) is 5.13 Å². The number of nitrogens with zero attached hydrogens (tertiary/aromatic N) is 2. The van der Waals surface area contributed by atoms with Gasteiger partial charge >= 0.3 is 0 Å². The van der Waals surface area contributed by atoms with Gasteiger partial charge in [-0.15, -0.1) is 11.3 Å². The van der Waals surface area contributed by atoms with Crippen LogP contribution in [0.2, 0.25) is 0 Å². The maximum absolute atomic E-state index is 5.02. The van der Waals surface area contributed by atoms with Crippen molar-refractivity contribution in [2.75, 3.05) is 24.5 Å². The summed E-state index contributed by atoms with van der Waals surface area (Å²) in [4.78, 5) is 8.98. The summed E-state index contributed by atoms with van der Waals surface area (Å²) < 4.78 is 0. The van der Waals surface area contributed by atoms with E-state index in [2.05, 4.69) is 37.9 Å². The summed E-state index contributed by atoms with van der Waals surface area (Å²) in [6.07, 6.45) is 5.19. The summed E-state index contributed by atoms with van der Waals surface area (Å²) >= 11 is 1.92. The van der Waals surface area contributed by atoms with E-state index >= 15 is 0 Å². The van der Waals surface area contributed by atoms with Gasteiger partial charge < -0.3 is 10.2 Å². The largest absolute Gasteiger partial charge is 0.348 e. The van der Waals surface area contributed by atoms with Crippen LogP contribution in [0.15, 0.2) is 0 Å². The highest BCUT2D eigenvalue weighted by atomic mass is 32.1. The van der Waals surface area contributed by atoms with Crippen molar-refractivity contribution in [3.63, 3.8) is 0 Å². The molecule has 0 aliphatic heterocycles. The quantitative estimate of drug-likeness (QED) is 0.694. The minimum atomic E-state index is 0.746. The van der Waals surface area contributed by atoms with Crippen LogP contribution in [-0.4, -0.2) is 24.6 Å². The molecule has 1 aromatic heterocycles. The number of hydrogen-bond acceptors (Lipinski definition) is 4. The lowest BCUT2D eigenvalue weighted by atomic mass is 10.0. The van der Waals surface area contributed by atoms with Crippen molar-refractivity contribution in [1.82, 2.24) is 10.3 Å². The van der Waals surface area contributed by atoms with E-state index in [1.54, 1.807) is 0 Å². The first-order valence-electron chi connectivity index (χ1n) is 8.68. The summed E-state index contributed by atoms with van der Waals surface area (Å²) in [5.74, 6) is 1.53. The molecule has 21 heavy (non-hydrogen) atoms. The first kappa shape index (κ1) is 16.8. The van der Waals surface area contributed by atoms with Crippen molar-refractivity contribution in [2.24, 2.45) is 5.92 Å². The zero-order valence-electron chi connectivity index (χ0n) is 14.1. The smallest absolute Gasteiger partial charge is 0.185 e. The molecule has 4 heteroatoms. The molecule has 1 heterocycles. The molecule has 1 aromatic rings. The van der Waals surface area contributed by atoms with Crippen LogP contribution in [0.3, 0.4) is 0 Å². The van der Waals surface area contributed by atoms with E-state index in [0.717, 1.165) is 38.0 Å². The summed E-state index contributed by atoms with van der Waals surface area (Å²) in [5, 5.41) is 4.72. The molecule has 2 rings (SSSR count). The van der Waals surface area contributed by atoms with E-state index in [4.69, 9.17) is 4.98 Å². The fraction of sp³-hybridized carbons (Fsp3) is 0.824. The second-order valence-corrected chi connectivity index (χ2v) is 7.14. The Morgan fingerprint density at radius 3 is 2.48 bits per heavy atom. The van der Waals surface area contributed by atoms with E-state index in [0.29, 0.717) is 0 Å². The summed E-state index contributed by atoms with van der Waals surface area (Å²) in [5.41, 5.74) is 1.39. The molecular weight excluding hydrogens is 278 g/mol. The van der Waals surface area contributed by atoms with E-state index < -0.39 is 0 Å². The first-order chi connectivity index (χ1) is 10.2. The summed E-state index contributed by atoms with van der Waals surface area (Å²) in [6.45, 7) is 13.3. The minimum Gasteiger partial charge on any atom is -0.348 e. The van der Waals surface area contributed by atoms with Crippen LogP contribution < -0.4 is 10.2 Å². The van der Waals surface area contributed by atoms with Crippen molar-refractivity contribution < 1.29 is 0 Å². The predicted molar refractivity (Wildman–Crippen MR) is 93.4 cm³/mol. The Kier molecular flexibility index (Phi) is 6.49. The Bertz CT molecular complexity index is 422. The Balaban J connectivity index is 2.12. The van der Waals surface area contributed by atoms with Crippen LogP contribution >= 0.6 is 11.3 Å². The third-order valence-corrected chi connectivity index (χ3v) is 5.63. The molecule has 0 spiro atoms. The molecule has 0 amide bonds. The fourth-order valence-corrected chi connectivity index (χ4v) is 3.92. The van der Waals surface area contributed by atoms with Crippen LogP contribution in [0, 0.1) is 5.92 Å². The van der Waals surface area contributed by atoms with Gasteiger partial charge in [-0.05, 0) is 32.2 Å². The maximum atomic E-state index is 5.02. The molecule has 0 atom stereocenters. The maximum Gasteiger partial charge on any atom is 0.185 e. The van der Waals surface area contributed by atoms with Crippen LogP contribution in [0.25, 0.3) is 0 Å². The Morgan fingerprint density at radius 1 is 1.24 bits per heavy atom. The zero-order chi connectivity index (χ0) is 15.2. The molecule has 0 saturated heterocycles. The van der Waals surface area contributed by atoms with Gasteiger partial charge in [-0.25, -0.2) is 4.98 Å². The van der Waals surface area contributed by atoms with E-state index in [1.807, 2.05) is 11.3 Å². The van der Waals surface area contributed by atoms with E-state index in [1.165, 1.54) is 41.4 Å². The molecule has 1 aliphatic carbocycles. The van der Waals surface area contributed by atoms with Crippen LogP contribution in [0.5, 0.6) is 0 Å². The number of anilines is 1. The molecule has 0 radical (unpaired) electrons. The molecule has 0 aromatic carbocycles. The highest BCUT2D eigenvalue weighted by Crippen LogP contribution is 2.44. The normalized spacial score (nSPS) is 14.9. The second-order valence-electron chi connectivity index (χ2n) is 6.08. The lowest BCUT2D eigenvalue weighted by molar-refractivity contribution is 0.485.